The molecule has 1 N–H and O–H groups in total. The van der Waals surface area contributed by atoms with Crippen molar-refractivity contribution in [3.8, 4) is 17.2 Å². The molecule has 0 saturated heterocycles. The van der Waals surface area contributed by atoms with Crippen molar-refractivity contribution in [3.63, 3.8) is 0 Å². The Hall–Kier alpha value is -2.75. The third-order valence-electron chi connectivity index (χ3n) is 5.18. The lowest BCUT2D eigenvalue weighted by atomic mass is 10.2. The fourth-order valence-electron chi connectivity index (χ4n) is 3.12. The summed E-state index contributed by atoms with van der Waals surface area (Å²) in [6, 6.07) is 12.8. The lowest BCUT2D eigenvalue weighted by Crippen LogP contribution is -2.23. The molecule has 0 bridgehead atoms. The van der Waals surface area contributed by atoms with Crippen LogP contribution in [0.2, 0.25) is 5.02 Å². The summed E-state index contributed by atoms with van der Waals surface area (Å²) in [7, 11) is 3.97. The second-order valence-corrected chi connectivity index (χ2v) is 9.35. The van der Waals surface area contributed by atoms with Gasteiger partial charge >= 0.3 is 0 Å². The van der Waals surface area contributed by atoms with Gasteiger partial charge < -0.3 is 14.8 Å². The zero-order chi connectivity index (χ0) is 22.8. The van der Waals surface area contributed by atoms with Crippen LogP contribution in [0.3, 0.4) is 0 Å². The molecule has 1 amide bonds. The predicted octanol–water partition coefficient (Wildman–Crippen LogP) is 4.39. The first-order valence-electron chi connectivity index (χ1n) is 10.1. The maximum absolute atomic E-state index is 12.9. The molecule has 0 unspecified atom stereocenters. The number of carbonyl (C=O) groups is 1. The van der Waals surface area contributed by atoms with Crippen molar-refractivity contribution in [3.05, 3.63) is 53.3 Å². The number of halogens is 1. The number of amides is 1. The predicted molar refractivity (Wildman–Crippen MR) is 125 cm³/mol. The minimum atomic E-state index is -0.418. The van der Waals surface area contributed by atoms with Crippen molar-refractivity contribution in [2.24, 2.45) is 0 Å². The lowest BCUT2D eigenvalue weighted by molar-refractivity contribution is -0.115. The number of nitrogens with zero attached hydrogens (tertiary/aromatic N) is 4. The van der Waals surface area contributed by atoms with Gasteiger partial charge in [-0.1, -0.05) is 23.4 Å². The molecule has 0 aliphatic carbocycles. The van der Waals surface area contributed by atoms with Crippen molar-refractivity contribution >= 4 is 35.0 Å². The van der Waals surface area contributed by atoms with Gasteiger partial charge in [-0.25, -0.2) is 0 Å². The van der Waals surface area contributed by atoms with Gasteiger partial charge in [0, 0.05) is 22.5 Å². The van der Waals surface area contributed by atoms with E-state index in [0.717, 1.165) is 11.5 Å². The van der Waals surface area contributed by atoms with E-state index in [2.05, 4.69) is 27.3 Å². The van der Waals surface area contributed by atoms with Crippen LogP contribution in [0, 0.1) is 0 Å². The molecule has 8 nitrogen and oxygen atoms in total. The van der Waals surface area contributed by atoms with Gasteiger partial charge in [-0.3, -0.25) is 14.3 Å². The summed E-state index contributed by atoms with van der Waals surface area (Å²) < 4.78 is 12.7. The minimum Gasteiger partial charge on any atom is -0.454 e. The number of rotatable bonds is 7. The number of ether oxygens (including phenoxy) is 2. The van der Waals surface area contributed by atoms with E-state index in [4.69, 9.17) is 21.1 Å². The topological polar surface area (TPSA) is 81.5 Å². The van der Waals surface area contributed by atoms with Crippen molar-refractivity contribution < 1.29 is 14.3 Å². The average molecular weight is 474 g/mol. The van der Waals surface area contributed by atoms with Crippen LogP contribution < -0.4 is 14.8 Å². The van der Waals surface area contributed by atoms with Crippen LogP contribution in [0.1, 0.15) is 25.7 Å². The molecule has 0 fully saturated rings. The van der Waals surface area contributed by atoms with Crippen LogP contribution in [0.25, 0.3) is 5.69 Å². The smallest absolute Gasteiger partial charge is 0.237 e. The van der Waals surface area contributed by atoms with Crippen molar-refractivity contribution in [2.45, 2.75) is 30.3 Å². The van der Waals surface area contributed by atoms with Gasteiger partial charge in [-0.2, -0.15) is 0 Å². The molecule has 2 heterocycles. The van der Waals surface area contributed by atoms with Crippen LogP contribution in [0.4, 0.5) is 5.69 Å². The Morgan fingerprint density at radius 1 is 1.12 bits per heavy atom. The van der Waals surface area contributed by atoms with Crippen LogP contribution in [0.15, 0.2) is 47.6 Å². The van der Waals surface area contributed by atoms with E-state index in [1.54, 1.807) is 18.2 Å². The highest BCUT2D eigenvalue weighted by atomic mass is 35.5. The van der Waals surface area contributed by atoms with Crippen LogP contribution in [0.5, 0.6) is 11.5 Å². The van der Waals surface area contributed by atoms with Gasteiger partial charge in [0.15, 0.2) is 22.5 Å². The molecular weight excluding hydrogens is 450 g/mol. The second-order valence-electron chi connectivity index (χ2n) is 7.61. The Kier molecular flexibility index (Phi) is 6.59. The number of carbonyl (C=O) groups excluding carboxylic acids is 1. The highest BCUT2D eigenvalue weighted by Crippen LogP contribution is 2.35. The van der Waals surface area contributed by atoms with Crippen molar-refractivity contribution in [2.75, 3.05) is 26.2 Å². The highest BCUT2D eigenvalue weighted by molar-refractivity contribution is 8.00. The molecule has 2 atom stereocenters. The molecule has 0 saturated carbocycles. The quantitative estimate of drug-likeness (QED) is 0.509. The number of aromatic nitrogens is 3. The first-order chi connectivity index (χ1) is 15.3. The molecule has 1 aromatic heterocycles. The second kappa shape index (κ2) is 9.40. The minimum absolute atomic E-state index is 0.0188. The third kappa shape index (κ3) is 4.69. The fourth-order valence-corrected chi connectivity index (χ4v) is 4.12. The van der Waals surface area contributed by atoms with Gasteiger partial charge in [0.1, 0.15) is 0 Å². The number of fused-ring (bicyclic) bond motifs is 1. The largest absolute Gasteiger partial charge is 0.454 e. The van der Waals surface area contributed by atoms with E-state index in [1.807, 2.05) is 49.9 Å². The number of hydrogen-bond donors (Lipinski definition) is 1. The van der Waals surface area contributed by atoms with Crippen LogP contribution in [-0.2, 0) is 4.79 Å². The summed E-state index contributed by atoms with van der Waals surface area (Å²) in [6.45, 7) is 4.08. The van der Waals surface area contributed by atoms with E-state index in [9.17, 15) is 4.79 Å². The Bertz CT molecular complexity index is 1120. The Labute approximate surface area is 195 Å². The summed E-state index contributed by atoms with van der Waals surface area (Å²) in [4.78, 5) is 14.9. The molecule has 1 aliphatic heterocycles. The molecule has 0 radical (unpaired) electrons. The fraction of sp³-hybridized carbons (Fsp3) is 0.318. The van der Waals surface area contributed by atoms with Gasteiger partial charge in [0.05, 0.1) is 11.3 Å². The number of thioether (sulfide) groups is 1. The van der Waals surface area contributed by atoms with E-state index < -0.39 is 5.25 Å². The first kappa shape index (κ1) is 22.4. The number of anilines is 1. The standard InChI is InChI=1S/C22H24ClN5O3S/c1-13(27(3)4)20-25-26-22(28(20)17-8-5-15(23)6-9-17)32-14(2)21(29)24-16-7-10-18-19(11-16)31-12-30-18/h5-11,13-14H,12H2,1-4H3,(H,24,29)/t13-,14-/m0/s1. The van der Waals surface area contributed by atoms with Gasteiger partial charge in [-0.15, -0.1) is 10.2 Å². The SMILES string of the molecule is C[C@H](Sc1nnc([C@H](C)N(C)C)n1-c1ccc(Cl)cc1)C(=O)Nc1ccc2c(c1)OCO2. The zero-order valence-electron chi connectivity index (χ0n) is 18.2. The average Bonchev–Trinajstić information content (AvgIpc) is 3.40. The molecule has 1 aliphatic rings. The molecule has 3 aromatic rings. The third-order valence-corrected chi connectivity index (χ3v) is 6.48. The summed E-state index contributed by atoms with van der Waals surface area (Å²) in [5.74, 6) is 1.92. The highest BCUT2D eigenvalue weighted by Gasteiger charge is 2.25. The van der Waals surface area contributed by atoms with Crippen molar-refractivity contribution in [1.29, 1.82) is 0 Å². The van der Waals surface area contributed by atoms with E-state index >= 15 is 0 Å². The van der Waals surface area contributed by atoms with E-state index in [-0.39, 0.29) is 18.7 Å². The summed E-state index contributed by atoms with van der Waals surface area (Å²) >= 11 is 7.42. The van der Waals surface area contributed by atoms with Crippen LogP contribution >= 0.6 is 23.4 Å². The van der Waals surface area contributed by atoms with Gasteiger partial charge in [0.2, 0.25) is 12.7 Å². The molecule has 10 heteroatoms. The normalized spacial score (nSPS) is 14.4. The molecule has 2 aromatic carbocycles. The monoisotopic (exact) mass is 473 g/mol. The van der Waals surface area contributed by atoms with Gasteiger partial charge in [0.25, 0.3) is 0 Å². The molecule has 32 heavy (non-hydrogen) atoms. The summed E-state index contributed by atoms with van der Waals surface area (Å²) in [5, 5.41) is 12.6. The summed E-state index contributed by atoms with van der Waals surface area (Å²) in [5.41, 5.74) is 1.53. The number of nitrogens with one attached hydrogen (secondary N) is 1. The van der Waals surface area contributed by atoms with Gasteiger partial charge in [-0.05, 0) is 64.3 Å². The maximum Gasteiger partial charge on any atom is 0.237 e. The lowest BCUT2D eigenvalue weighted by Gasteiger charge is -2.21. The zero-order valence-corrected chi connectivity index (χ0v) is 19.8. The van der Waals surface area contributed by atoms with Crippen molar-refractivity contribution in [1.82, 2.24) is 19.7 Å². The molecule has 4 rings (SSSR count). The van der Waals surface area contributed by atoms with E-state index in [1.165, 1.54) is 11.8 Å². The molecule has 168 valence electrons. The Morgan fingerprint density at radius 2 is 1.84 bits per heavy atom. The molecular formula is C22H24ClN5O3S. The first-order valence-corrected chi connectivity index (χ1v) is 11.3. The van der Waals surface area contributed by atoms with Crippen LogP contribution in [-0.4, -0.2) is 51.7 Å². The maximum atomic E-state index is 12.9. The number of benzene rings is 2. The Morgan fingerprint density at radius 3 is 2.56 bits per heavy atom. The van der Waals surface area contributed by atoms with E-state index in [0.29, 0.717) is 27.4 Å². The Balaban J connectivity index is 1.56. The number of hydrogen-bond acceptors (Lipinski definition) is 7. The molecule has 0 spiro atoms. The summed E-state index contributed by atoms with van der Waals surface area (Å²) in [6.07, 6.45) is 0.